The number of thiazole rings is 1. The molecule has 1 unspecified atom stereocenters. The molecule has 1 heterocycles. The van der Waals surface area contributed by atoms with E-state index in [1.165, 1.54) is 23.1 Å². The Kier molecular flexibility index (Phi) is 10.7. The Balaban J connectivity index is 1.18. The second-order valence-corrected chi connectivity index (χ2v) is 13.3. The van der Waals surface area contributed by atoms with Crippen molar-refractivity contribution in [3.05, 3.63) is 155 Å². The normalized spacial score (nSPS) is 11.8. The van der Waals surface area contributed by atoms with Gasteiger partial charge in [-0.3, -0.25) is 14.4 Å². The molecule has 0 fully saturated rings. The minimum Gasteiger partial charge on any atom is -0.497 e. The number of hydrogen-bond donors (Lipinski definition) is 3. The summed E-state index contributed by atoms with van der Waals surface area (Å²) in [7, 11) is 1.61. The van der Waals surface area contributed by atoms with E-state index in [0.29, 0.717) is 27.0 Å². The van der Waals surface area contributed by atoms with Gasteiger partial charge in [0.15, 0.2) is 5.13 Å². The summed E-state index contributed by atoms with van der Waals surface area (Å²) in [6, 6.07) is 37.9. The highest BCUT2D eigenvalue weighted by Crippen LogP contribution is 2.38. The van der Waals surface area contributed by atoms with Crippen LogP contribution in [0.5, 0.6) is 5.75 Å². The Morgan fingerprint density at radius 2 is 1.57 bits per heavy atom. The van der Waals surface area contributed by atoms with Gasteiger partial charge in [-0.15, -0.1) is 11.8 Å². The van der Waals surface area contributed by atoms with Gasteiger partial charge in [0.2, 0.25) is 5.91 Å². The third kappa shape index (κ3) is 8.74. The molecule has 0 aliphatic rings. The van der Waals surface area contributed by atoms with Crippen molar-refractivity contribution in [2.24, 2.45) is 0 Å². The molecule has 244 valence electrons. The molecule has 0 aliphatic heterocycles. The van der Waals surface area contributed by atoms with E-state index in [9.17, 15) is 14.4 Å². The van der Waals surface area contributed by atoms with E-state index in [0.717, 1.165) is 26.4 Å². The van der Waals surface area contributed by atoms with E-state index in [1.807, 2.05) is 66.7 Å². The second kappa shape index (κ2) is 15.7. The van der Waals surface area contributed by atoms with Gasteiger partial charge < -0.3 is 20.7 Å². The first-order valence-corrected chi connectivity index (χ1v) is 17.1. The van der Waals surface area contributed by atoms with Crippen LogP contribution in [0.3, 0.4) is 0 Å². The molecule has 1 atom stereocenters. The zero-order chi connectivity index (χ0) is 34.2. The van der Waals surface area contributed by atoms with E-state index in [4.69, 9.17) is 16.3 Å². The van der Waals surface area contributed by atoms with Crippen molar-refractivity contribution >= 4 is 79.5 Å². The summed E-state index contributed by atoms with van der Waals surface area (Å²) in [5.74, 6) is -0.438. The lowest BCUT2D eigenvalue weighted by molar-refractivity contribution is -0.116. The van der Waals surface area contributed by atoms with Crippen molar-refractivity contribution < 1.29 is 19.1 Å². The van der Waals surface area contributed by atoms with Gasteiger partial charge in [0.25, 0.3) is 11.8 Å². The monoisotopic (exact) mass is 704 g/mol. The van der Waals surface area contributed by atoms with Crippen LogP contribution < -0.4 is 20.7 Å². The molecule has 1 aromatic heterocycles. The van der Waals surface area contributed by atoms with Crippen LogP contribution in [0.25, 0.3) is 16.3 Å². The molecule has 6 aromatic rings. The predicted molar refractivity (Wildman–Crippen MR) is 198 cm³/mol. The predicted octanol–water partition coefficient (Wildman–Crippen LogP) is 8.84. The summed E-state index contributed by atoms with van der Waals surface area (Å²) >= 11 is 8.92. The van der Waals surface area contributed by atoms with E-state index in [1.54, 1.807) is 73.8 Å². The Hall–Kier alpha value is -5.42. The fourth-order valence-corrected chi connectivity index (χ4v) is 6.93. The molecule has 11 heteroatoms. The van der Waals surface area contributed by atoms with Gasteiger partial charge in [-0.05, 0) is 83.9 Å². The number of thioether (sulfide) groups is 1. The lowest BCUT2D eigenvalue weighted by atomic mass is 10.1. The topological polar surface area (TPSA) is 109 Å². The quantitative estimate of drug-likeness (QED) is 0.0919. The van der Waals surface area contributed by atoms with Gasteiger partial charge in [0.05, 0.1) is 17.3 Å². The van der Waals surface area contributed by atoms with E-state index >= 15 is 0 Å². The molecular weight excluding hydrogens is 676 g/mol. The zero-order valence-corrected chi connectivity index (χ0v) is 28.4. The summed E-state index contributed by atoms with van der Waals surface area (Å²) < 4.78 is 6.22. The first-order chi connectivity index (χ1) is 23.8. The third-order valence-electron chi connectivity index (χ3n) is 7.22. The van der Waals surface area contributed by atoms with Crippen molar-refractivity contribution in [2.45, 2.75) is 10.1 Å². The Morgan fingerprint density at radius 1 is 0.837 bits per heavy atom. The van der Waals surface area contributed by atoms with Crippen molar-refractivity contribution in [1.29, 1.82) is 0 Å². The van der Waals surface area contributed by atoms with E-state index in [2.05, 4.69) is 20.9 Å². The van der Waals surface area contributed by atoms with Crippen LogP contribution >= 0.6 is 34.7 Å². The van der Waals surface area contributed by atoms with Crippen molar-refractivity contribution in [1.82, 2.24) is 10.3 Å². The molecule has 49 heavy (non-hydrogen) atoms. The lowest BCUT2D eigenvalue weighted by Crippen LogP contribution is -2.30. The number of anilines is 2. The summed E-state index contributed by atoms with van der Waals surface area (Å²) in [5, 5.41) is 9.00. The second-order valence-electron chi connectivity index (χ2n) is 10.7. The Labute approximate surface area is 296 Å². The number of aromatic nitrogens is 1. The van der Waals surface area contributed by atoms with Crippen LogP contribution in [0.15, 0.2) is 138 Å². The van der Waals surface area contributed by atoms with Crippen molar-refractivity contribution in [2.75, 3.05) is 17.7 Å². The minimum absolute atomic E-state index is 0.0451. The van der Waals surface area contributed by atoms with Gasteiger partial charge in [-0.1, -0.05) is 83.6 Å². The van der Waals surface area contributed by atoms with Crippen molar-refractivity contribution in [3.8, 4) is 5.75 Å². The number of nitrogens with zero attached hydrogens (tertiary/aromatic N) is 1. The molecule has 0 saturated carbocycles. The maximum atomic E-state index is 13.7. The van der Waals surface area contributed by atoms with Gasteiger partial charge in [-0.25, -0.2) is 4.98 Å². The van der Waals surface area contributed by atoms with Crippen LogP contribution in [0.1, 0.15) is 26.7 Å². The van der Waals surface area contributed by atoms with Crippen LogP contribution in [-0.2, 0) is 9.59 Å². The van der Waals surface area contributed by atoms with Gasteiger partial charge in [-0.2, -0.15) is 0 Å². The van der Waals surface area contributed by atoms with Gasteiger partial charge in [0, 0.05) is 21.2 Å². The number of carbonyl (C=O) groups is 3. The average Bonchev–Trinajstić information content (AvgIpc) is 3.53. The molecule has 0 spiro atoms. The van der Waals surface area contributed by atoms with E-state index < -0.39 is 17.1 Å². The third-order valence-corrected chi connectivity index (χ3v) is 9.66. The molecule has 5 aromatic carbocycles. The number of ether oxygens (including phenoxy) is 1. The smallest absolute Gasteiger partial charge is 0.272 e. The Bertz CT molecular complexity index is 2140. The van der Waals surface area contributed by atoms with Crippen LogP contribution in [-0.4, -0.2) is 29.8 Å². The molecule has 3 N–H and O–H groups in total. The van der Waals surface area contributed by atoms with Crippen LogP contribution in [0.4, 0.5) is 10.8 Å². The number of methoxy groups -OCH3 is 1. The summed E-state index contributed by atoms with van der Waals surface area (Å²) in [4.78, 5) is 45.5. The van der Waals surface area contributed by atoms with Crippen molar-refractivity contribution in [3.63, 3.8) is 0 Å². The number of nitrogens with one attached hydrogen (secondary N) is 3. The first kappa shape index (κ1) is 33.5. The zero-order valence-electron chi connectivity index (χ0n) is 26.1. The lowest BCUT2D eigenvalue weighted by Gasteiger charge is -2.16. The molecule has 8 nitrogen and oxygen atoms in total. The molecule has 6 rings (SSSR count). The maximum Gasteiger partial charge on any atom is 0.272 e. The van der Waals surface area contributed by atoms with Crippen LogP contribution in [0, 0.1) is 0 Å². The number of hydrogen-bond acceptors (Lipinski definition) is 7. The number of fused-ring (bicyclic) bond motifs is 1. The summed E-state index contributed by atoms with van der Waals surface area (Å²) in [5.41, 5.74) is 3.21. The fraction of sp³-hybridized carbons (Fsp3) is 0.0526. The number of carbonyl (C=O) groups excluding carboxylic acids is 3. The highest BCUT2D eigenvalue weighted by atomic mass is 35.5. The molecule has 0 radical (unpaired) electrons. The Morgan fingerprint density at radius 3 is 2.29 bits per heavy atom. The molecule has 0 saturated heterocycles. The SMILES string of the molecule is COc1ccc2nc(NC(=O)C(Sc3ccc(NC(=O)/C(=C/c4cccc(Cl)c4)NC(=O)c4ccccc4)cc3)c3ccccc3)sc2c1. The maximum absolute atomic E-state index is 13.7. The highest BCUT2D eigenvalue weighted by Gasteiger charge is 2.24. The summed E-state index contributed by atoms with van der Waals surface area (Å²) in [6.07, 6.45) is 1.57. The van der Waals surface area contributed by atoms with Gasteiger partial charge in [0.1, 0.15) is 16.7 Å². The number of benzene rings is 5. The number of rotatable bonds is 11. The fourth-order valence-electron chi connectivity index (χ4n) is 4.81. The highest BCUT2D eigenvalue weighted by molar-refractivity contribution is 8.00. The summed E-state index contributed by atoms with van der Waals surface area (Å²) in [6.45, 7) is 0. The largest absolute Gasteiger partial charge is 0.497 e. The van der Waals surface area contributed by atoms with Gasteiger partial charge >= 0.3 is 0 Å². The molecule has 3 amide bonds. The minimum atomic E-state index is -0.580. The number of amides is 3. The molecule has 0 aliphatic carbocycles. The molecular formula is C38H29ClN4O4S2. The van der Waals surface area contributed by atoms with E-state index in [-0.39, 0.29) is 11.6 Å². The number of halogens is 1. The van der Waals surface area contributed by atoms with Crippen LogP contribution in [0.2, 0.25) is 5.02 Å². The molecule has 0 bridgehead atoms. The average molecular weight is 705 g/mol. The first-order valence-electron chi connectivity index (χ1n) is 15.1. The standard InChI is InChI=1S/C38H29ClN4O4S2/c1-47-29-17-20-31-33(23-29)49-38(42-31)43-37(46)34(25-10-4-2-5-11-25)48-30-18-15-28(16-19-30)40-36(45)32(22-24-9-8-14-27(39)21-24)41-35(44)26-12-6-3-7-13-26/h2-23,34H,1H3,(H,40,45)(H,41,44)(H,42,43,46)/b32-22-.